The number of ether oxygens (including phenoxy) is 1. The molecular formula is C11H17NO3S. The monoisotopic (exact) mass is 243 g/mol. The van der Waals surface area contributed by atoms with Crippen molar-refractivity contribution >= 4 is 17.3 Å². The number of aromatic carboxylic acids is 1. The van der Waals surface area contributed by atoms with Crippen molar-refractivity contribution in [2.45, 2.75) is 19.4 Å². The minimum Gasteiger partial charge on any atom is -0.478 e. The van der Waals surface area contributed by atoms with Gasteiger partial charge in [0.25, 0.3) is 0 Å². The largest absolute Gasteiger partial charge is 0.478 e. The predicted molar refractivity (Wildman–Crippen MR) is 64.1 cm³/mol. The Kier molecular flexibility index (Phi) is 6.07. The molecule has 0 fully saturated rings. The van der Waals surface area contributed by atoms with Gasteiger partial charge < -0.3 is 15.2 Å². The van der Waals surface area contributed by atoms with E-state index in [0.29, 0.717) is 5.56 Å². The number of unbranched alkanes of at least 4 members (excludes halogenated alkanes) is 1. The fourth-order valence-electron chi connectivity index (χ4n) is 1.29. The van der Waals surface area contributed by atoms with Gasteiger partial charge in [0.05, 0.1) is 5.56 Å². The Bertz CT molecular complexity index is 325. The average Bonchev–Trinajstić information content (AvgIpc) is 2.72. The van der Waals surface area contributed by atoms with Crippen molar-refractivity contribution in [3.05, 3.63) is 21.9 Å². The molecule has 1 rings (SSSR count). The van der Waals surface area contributed by atoms with Gasteiger partial charge in [0.2, 0.25) is 0 Å². The summed E-state index contributed by atoms with van der Waals surface area (Å²) < 4.78 is 4.95. The third-order valence-corrected chi connectivity index (χ3v) is 3.09. The number of hydrogen-bond acceptors (Lipinski definition) is 4. The first-order valence-corrected chi connectivity index (χ1v) is 6.12. The Labute approximate surface area is 99.2 Å². The molecule has 0 bridgehead atoms. The molecule has 0 aliphatic rings. The molecule has 0 unspecified atom stereocenters. The van der Waals surface area contributed by atoms with Crippen LogP contribution in [0.2, 0.25) is 0 Å². The molecule has 1 heterocycles. The molecule has 0 aliphatic heterocycles. The first-order valence-electron chi connectivity index (χ1n) is 5.24. The average molecular weight is 243 g/mol. The summed E-state index contributed by atoms with van der Waals surface area (Å²) in [5.74, 6) is -0.859. The number of thiophene rings is 1. The lowest BCUT2D eigenvalue weighted by atomic mass is 10.3. The molecule has 0 saturated carbocycles. The molecular weight excluding hydrogens is 226 g/mol. The van der Waals surface area contributed by atoms with Crippen LogP contribution < -0.4 is 5.32 Å². The van der Waals surface area contributed by atoms with Crippen molar-refractivity contribution in [2.75, 3.05) is 20.3 Å². The van der Waals surface area contributed by atoms with Crippen LogP contribution in [0.4, 0.5) is 0 Å². The highest BCUT2D eigenvalue weighted by Gasteiger charge is 2.05. The first kappa shape index (κ1) is 13.2. The van der Waals surface area contributed by atoms with E-state index in [1.54, 1.807) is 18.6 Å². The molecule has 0 amide bonds. The van der Waals surface area contributed by atoms with Crippen molar-refractivity contribution in [1.29, 1.82) is 0 Å². The van der Waals surface area contributed by atoms with Crippen LogP contribution >= 0.6 is 11.3 Å². The molecule has 0 spiro atoms. The zero-order chi connectivity index (χ0) is 11.8. The smallest absolute Gasteiger partial charge is 0.336 e. The maximum atomic E-state index is 10.6. The number of hydrogen-bond donors (Lipinski definition) is 2. The second-order valence-electron chi connectivity index (χ2n) is 3.48. The maximum Gasteiger partial charge on any atom is 0.336 e. The fraction of sp³-hybridized carbons (Fsp3) is 0.545. The number of carboxylic acids is 1. The van der Waals surface area contributed by atoms with Crippen LogP contribution in [0.15, 0.2) is 11.4 Å². The van der Waals surface area contributed by atoms with Gasteiger partial charge in [-0.25, -0.2) is 4.79 Å². The molecule has 4 nitrogen and oxygen atoms in total. The molecule has 0 radical (unpaired) electrons. The lowest BCUT2D eigenvalue weighted by molar-refractivity contribution is 0.0697. The van der Waals surface area contributed by atoms with Gasteiger partial charge in [-0.15, -0.1) is 11.3 Å². The van der Waals surface area contributed by atoms with Gasteiger partial charge in [-0.3, -0.25) is 0 Å². The Hall–Kier alpha value is -0.910. The summed E-state index contributed by atoms with van der Waals surface area (Å²) in [5, 5.41) is 13.7. The highest BCUT2D eigenvalue weighted by atomic mass is 32.1. The summed E-state index contributed by atoms with van der Waals surface area (Å²) in [6.45, 7) is 2.47. The van der Waals surface area contributed by atoms with Crippen LogP contribution in [0, 0.1) is 0 Å². The lowest BCUT2D eigenvalue weighted by Crippen LogP contribution is -2.14. The molecule has 0 atom stereocenters. The summed E-state index contributed by atoms with van der Waals surface area (Å²) in [7, 11) is 1.70. The number of methoxy groups -OCH3 is 1. The molecule has 16 heavy (non-hydrogen) atoms. The minimum atomic E-state index is -0.859. The van der Waals surface area contributed by atoms with Crippen LogP contribution in [0.1, 0.15) is 28.1 Å². The lowest BCUT2D eigenvalue weighted by Gasteiger charge is -2.02. The molecule has 0 saturated heterocycles. The topological polar surface area (TPSA) is 58.6 Å². The third kappa shape index (κ3) is 4.74. The van der Waals surface area contributed by atoms with Gasteiger partial charge in [0, 0.05) is 30.5 Å². The SMILES string of the molecule is COCCCCNCc1cc(C(=O)O)cs1. The van der Waals surface area contributed by atoms with Crippen LogP contribution in [0.5, 0.6) is 0 Å². The summed E-state index contributed by atoms with van der Waals surface area (Å²) in [6.07, 6.45) is 2.12. The molecule has 0 aromatic carbocycles. The summed E-state index contributed by atoms with van der Waals surface area (Å²) in [4.78, 5) is 11.7. The Morgan fingerprint density at radius 3 is 3.00 bits per heavy atom. The van der Waals surface area contributed by atoms with Crippen molar-refractivity contribution in [2.24, 2.45) is 0 Å². The van der Waals surface area contributed by atoms with E-state index in [1.165, 1.54) is 11.3 Å². The van der Waals surface area contributed by atoms with E-state index in [4.69, 9.17) is 9.84 Å². The molecule has 90 valence electrons. The van der Waals surface area contributed by atoms with Crippen LogP contribution in [0.3, 0.4) is 0 Å². The molecule has 1 aromatic rings. The van der Waals surface area contributed by atoms with Crippen molar-refractivity contribution in [3.8, 4) is 0 Å². The van der Waals surface area contributed by atoms with Gasteiger partial charge in [-0.1, -0.05) is 0 Å². The highest BCUT2D eigenvalue weighted by molar-refractivity contribution is 7.10. The number of nitrogens with one attached hydrogen (secondary N) is 1. The fourth-order valence-corrected chi connectivity index (χ4v) is 2.12. The molecule has 2 N–H and O–H groups in total. The molecule has 1 aromatic heterocycles. The van der Waals surface area contributed by atoms with Gasteiger partial charge >= 0.3 is 5.97 Å². The van der Waals surface area contributed by atoms with E-state index in [0.717, 1.165) is 37.4 Å². The second-order valence-corrected chi connectivity index (χ2v) is 4.48. The predicted octanol–water partition coefficient (Wildman–Crippen LogP) is 1.96. The van der Waals surface area contributed by atoms with Crippen LogP contribution in [0.25, 0.3) is 0 Å². The Morgan fingerprint density at radius 1 is 1.56 bits per heavy atom. The standard InChI is InChI=1S/C11H17NO3S/c1-15-5-3-2-4-12-7-10-6-9(8-16-10)11(13)14/h6,8,12H,2-5,7H2,1H3,(H,13,14). The zero-order valence-electron chi connectivity index (χ0n) is 9.36. The van der Waals surface area contributed by atoms with Gasteiger partial charge in [0.1, 0.15) is 0 Å². The van der Waals surface area contributed by atoms with E-state index in [1.807, 2.05) is 0 Å². The second kappa shape index (κ2) is 7.38. The third-order valence-electron chi connectivity index (χ3n) is 2.15. The van der Waals surface area contributed by atoms with E-state index in [2.05, 4.69) is 5.32 Å². The van der Waals surface area contributed by atoms with E-state index >= 15 is 0 Å². The van der Waals surface area contributed by atoms with Crippen LogP contribution in [-0.4, -0.2) is 31.3 Å². The van der Waals surface area contributed by atoms with Crippen molar-refractivity contribution < 1.29 is 14.6 Å². The molecule has 5 heteroatoms. The van der Waals surface area contributed by atoms with Gasteiger partial charge in [-0.05, 0) is 25.5 Å². The van der Waals surface area contributed by atoms with Crippen molar-refractivity contribution in [1.82, 2.24) is 5.32 Å². The zero-order valence-corrected chi connectivity index (χ0v) is 10.2. The number of carboxylic acid groups (broad SMARTS) is 1. The van der Waals surface area contributed by atoms with Gasteiger partial charge in [0.15, 0.2) is 0 Å². The quantitative estimate of drug-likeness (QED) is 0.685. The van der Waals surface area contributed by atoms with E-state index in [-0.39, 0.29) is 0 Å². The summed E-state index contributed by atoms with van der Waals surface area (Å²) >= 11 is 1.48. The normalized spacial score (nSPS) is 10.6. The Balaban J connectivity index is 2.14. The van der Waals surface area contributed by atoms with E-state index in [9.17, 15) is 4.79 Å². The summed E-state index contributed by atoms with van der Waals surface area (Å²) in [5.41, 5.74) is 0.376. The summed E-state index contributed by atoms with van der Waals surface area (Å²) in [6, 6.07) is 1.72. The van der Waals surface area contributed by atoms with Gasteiger partial charge in [-0.2, -0.15) is 0 Å². The number of rotatable bonds is 8. The molecule has 0 aliphatic carbocycles. The minimum absolute atomic E-state index is 0.376. The maximum absolute atomic E-state index is 10.6. The van der Waals surface area contributed by atoms with E-state index < -0.39 is 5.97 Å². The number of carbonyl (C=O) groups is 1. The van der Waals surface area contributed by atoms with Crippen molar-refractivity contribution in [3.63, 3.8) is 0 Å². The first-order chi connectivity index (χ1) is 7.74. The van der Waals surface area contributed by atoms with Crippen LogP contribution in [-0.2, 0) is 11.3 Å². The Morgan fingerprint density at radius 2 is 2.38 bits per heavy atom. The highest BCUT2D eigenvalue weighted by Crippen LogP contribution is 2.14.